The van der Waals surface area contributed by atoms with E-state index >= 15 is 0 Å². The highest BCUT2D eigenvalue weighted by Crippen LogP contribution is 2.48. The Hall–Kier alpha value is -2.38. The Balaban J connectivity index is 1.92. The first-order valence-electron chi connectivity index (χ1n) is 8.75. The molecule has 30 heavy (non-hydrogen) atoms. The molecule has 1 unspecified atom stereocenters. The van der Waals surface area contributed by atoms with Crippen molar-refractivity contribution in [3.8, 4) is 5.75 Å². The van der Waals surface area contributed by atoms with Crippen LogP contribution in [0.5, 0.6) is 5.75 Å². The van der Waals surface area contributed by atoms with Gasteiger partial charge in [-0.1, -0.05) is 46.9 Å². The first-order chi connectivity index (χ1) is 14.3. The second-order valence-electron chi connectivity index (χ2n) is 6.69. The van der Waals surface area contributed by atoms with E-state index in [4.69, 9.17) is 39.5 Å². The standard InChI is InChI=1S/C21H14Cl3FN2O3/c1-30-13-5-2-11(3-6-13)10-27-20(28)19-18(16(23)9-17(24)26-19)21(27,29)14-8-12(25)4-7-15(14)22/h2-9,29H,10H2,1H3. The summed E-state index contributed by atoms with van der Waals surface area (Å²) in [5, 5.41) is 11.9. The molecule has 3 aromatic rings. The van der Waals surface area contributed by atoms with Crippen molar-refractivity contribution in [3.05, 3.63) is 91.9 Å². The van der Waals surface area contributed by atoms with Crippen molar-refractivity contribution in [3.63, 3.8) is 0 Å². The Labute approximate surface area is 186 Å². The van der Waals surface area contributed by atoms with Gasteiger partial charge in [0.2, 0.25) is 0 Å². The molecule has 0 saturated heterocycles. The fourth-order valence-electron chi connectivity index (χ4n) is 3.53. The van der Waals surface area contributed by atoms with Gasteiger partial charge >= 0.3 is 0 Å². The SMILES string of the molecule is COc1ccc(CN2C(=O)c3nc(Cl)cc(Cl)c3C2(O)c2cc(F)ccc2Cl)cc1. The highest BCUT2D eigenvalue weighted by molar-refractivity contribution is 6.35. The first-order valence-corrected chi connectivity index (χ1v) is 9.88. The van der Waals surface area contributed by atoms with E-state index in [2.05, 4.69) is 4.98 Å². The van der Waals surface area contributed by atoms with Crippen LogP contribution in [-0.4, -0.2) is 28.0 Å². The number of benzene rings is 2. The summed E-state index contributed by atoms with van der Waals surface area (Å²) in [6.45, 7) is -0.0313. The summed E-state index contributed by atoms with van der Waals surface area (Å²) in [5.41, 5.74) is -1.62. The molecule has 0 spiro atoms. The number of aromatic nitrogens is 1. The molecule has 154 valence electrons. The topological polar surface area (TPSA) is 62.7 Å². The van der Waals surface area contributed by atoms with Crippen molar-refractivity contribution < 1.29 is 19.0 Å². The van der Waals surface area contributed by atoms with E-state index < -0.39 is 17.4 Å². The zero-order chi connectivity index (χ0) is 21.6. The molecule has 1 N–H and O–H groups in total. The predicted molar refractivity (Wildman–Crippen MR) is 112 cm³/mol. The number of halogens is 4. The fourth-order valence-corrected chi connectivity index (χ4v) is 4.35. The molecule has 5 nitrogen and oxygen atoms in total. The van der Waals surface area contributed by atoms with Crippen molar-refractivity contribution in [1.29, 1.82) is 0 Å². The van der Waals surface area contributed by atoms with E-state index in [0.717, 1.165) is 17.0 Å². The highest BCUT2D eigenvalue weighted by atomic mass is 35.5. The Morgan fingerprint density at radius 2 is 1.80 bits per heavy atom. The molecule has 1 aliphatic heterocycles. The molecular formula is C21H14Cl3FN2O3. The Morgan fingerprint density at radius 1 is 1.10 bits per heavy atom. The van der Waals surface area contributed by atoms with Gasteiger partial charge in [-0.2, -0.15) is 0 Å². The number of carbonyl (C=O) groups is 1. The van der Waals surface area contributed by atoms with Crippen LogP contribution in [0.2, 0.25) is 15.2 Å². The van der Waals surface area contributed by atoms with Gasteiger partial charge < -0.3 is 9.84 Å². The van der Waals surface area contributed by atoms with E-state index in [-0.39, 0.29) is 38.6 Å². The lowest BCUT2D eigenvalue weighted by atomic mass is 9.94. The van der Waals surface area contributed by atoms with Crippen LogP contribution < -0.4 is 4.74 Å². The second-order valence-corrected chi connectivity index (χ2v) is 7.89. The van der Waals surface area contributed by atoms with Crippen molar-refractivity contribution >= 4 is 40.7 Å². The van der Waals surface area contributed by atoms with E-state index in [1.165, 1.54) is 19.2 Å². The van der Waals surface area contributed by atoms with Gasteiger partial charge in [-0.25, -0.2) is 9.37 Å². The third kappa shape index (κ3) is 3.30. The summed E-state index contributed by atoms with van der Waals surface area (Å²) in [6, 6.07) is 11.8. The van der Waals surface area contributed by atoms with Crippen LogP contribution in [0.3, 0.4) is 0 Å². The molecule has 0 radical (unpaired) electrons. The predicted octanol–water partition coefficient (Wildman–Crippen LogP) is 5.04. The van der Waals surface area contributed by atoms with Gasteiger partial charge in [-0.05, 0) is 42.0 Å². The molecule has 2 heterocycles. The Kier molecular flexibility index (Phi) is 5.36. The summed E-state index contributed by atoms with van der Waals surface area (Å²) < 4.78 is 19.2. The number of methoxy groups -OCH3 is 1. The van der Waals surface area contributed by atoms with Gasteiger partial charge in [0.15, 0.2) is 5.72 Å². The average molecular weight is 468 g/mol. The summed E-state index contributed by atoms with van der Waals surface area (Å²) in [4.78, 5) is 18.4. The number of nitrogens with zero attached hydrogens (tertiary/aromatic N) is 2. The number of ether oxygens (including phenoxy) is 1. The van der Waals surface area contributed by atoms with Crippen molar-refractivity contribution in [2.75, 3.05) is 7.11 Å². The molecule has 9 heteroatoms. The lowest BCUT2D eigenvalue weighted by Gasteiger charge is -2.35. The number of pyridine rings is 1. The molecule has 0 saturated carbocycles. The maximum Gasteiger partial charge on any atom is 0.276 e. The molecule has 1 aliphatic rings. The van der Waals surface area contributed by atoms with Crippen molar-refractivity contribution in [2.24, 2.45) is 0 Å². The number of amides is 1. The van der Waals surface area contributed by atoms with Crippen LogP contribution in [0, 0.1) is 5.82 Å². The number of rotatable bonds is 4. The van der Waals surface area contributed by atoms with Gasteiger partial charge in [0.05, 0.1) is 17.7 Å². The lowest BCUT2D eigenvalue weighted by Crippen LogP contribution is -2.44. The molecule has 4 rings (SSSR count). The molecule has 1 atom stereocenters. The van der Waals surface area contributed by atoms with E-state index in [0.29, 0.717) is 11.3 Å². The number of hydrogen-bond donors (Lipinski definition) is 1. The van der Waals surface area contributed by atoms with Crippen LogP contribution >= 0.6 is 34.8 Å². The van der Waals surface area contributed by atoms with Gasteiger partial charge in [0.25, 0.3) is 5.91 Å². The van der Waals surface area contributed by atoms with Crippen LogP contribution in [0.25, 0.3) is 0 Å². The van der Waals surface area contributed by atoms with Crippen LogP contribution in [-0.2, 0) is 12.3 Å². The van der Waals surface area contributed by atoms with Crippen LogP contribution in [0.1, 0.15) is 27.2 Å². The lowest BCUT2D eigenvalue weighted by molar-refractivity contribution is -0.0543. The normalized spacial score (nSPS) is 17.9. The minimum atomic E-state index is -2.15. The maximum atomic E-state index is 14.1. The molecule has 2 aromatic carbocycles. The quantitative estimate of drug-likeness (QED) is 0.546. The summed E-state index contributed by atoms with van der Waals surface area (Å²) in [7, 11) is 1.54. The van der Waals surface area contributed by atoms with Crippen LogP contribution in [0.15, 0.2) is 48.5 Å². The van der Waals surface area contributed by atoms with E-state index in [9.17, 15) is 14.3 Å². The van der Waals surface area contributed by atoms with Crippen LogP contribution in [0.4, 0.5) is 4.39 Å². The van der Waals surface area contributed by atoms with E-state index in [1.807, 2.05) is 0 Å². The average Bonchev–Trinajstić information content (AvgIpc) is 2.92. The molecular weight excluding hydrogens is 454 g/mol. The minimum absolute atomic E-state index is 0.000390. The molecule has 0 bridgehead atoms. The maximum absolute atomic E-state index is 14.1. The van der Waals surface area contributed by atoms with Crippen molar-refractivity contribution in [2.45, 2.75) is 12.3 Å². The first kappa shape index (κ1) is 20.9. The van der Waals surface area contributed by atoms with Crippen molar-refractivity contribution in [1.82, 2.24) is 9.88 Å². The Morgan fingerprint density at radius 3 is 2.47 bits per heavy atom. The molecule has 1 amide bonds. The zero-order valence-electron chi connectivity index (χ0n) is 15.5. The number of hydrogen-bond acceptors (Lipinski definition) is 4. The highest BCUT2D eigenvalue weighted by Gasteiger charge is 2.53. The van der Waals surface area contributed by atoms with Gasteiger partial charge in [-0.3, -0.25) is 9.69 Å². The fraction of sp³-hybridized carbons (Fsp3) is 0.143. The third-order valence-corrected chi connectivity index (χ3v) is 5.75. The number of carbonyl (C=O) groups excluding carboxylic acids is 1. The number of fused-ring (bicyclic) bond motifs is 1. The molecule has 0 fully saturated rings. The molecule has 1 aromatic heterocycles. The third-order valence-electron chi connectivity index (χ3n) is 4.93. The van der Waals surface area contributed by atoms with Gasteiger partial charge in [0.1, 0.15) is 22.4 Å². The zero-order valence-corrected chi connectivity index (χ0v) is 17.8. The largest absolute Gasteiger partial charge is 0.497 e. The van der Waals surface area contributed by atoms with Gasteiger partial charge in [-0.15, -0.1) is 0 Å². The second kappa shape index (κ2) is 7.71. The Bertz CT molecular complexity index is 1160. The molecule has 0 aliphatic carbocycles. The minimum Gasteiger partial charge on any atom is -0.497 e. The van der Waals surface area contributed by atoms with E-state index in [1.54, 1.807) is 24.3 Å². The summed E-state index contributed by atoms with van der Waals surface area (Å²) in [6.07, 6.45) is 0. The monoisotopic (exact) mass is 466 g/mol. The number of aliphatic hydroxyl groups is 1. The summed E-state index contributed by atoms with van der Waals surface area (Å²) in [5.74, 6) is -0.617. The van der Waals surface area contributed by atoms with Gasteiger partial charge in [0, 0.05) is 17.1 Å². The summed E-state index contributed by atoms with van der Waals surface area (Å²) >= 11 is 18.6. The smallest absolute Gasteiger partial charge is 0.276 e.